The zero-order chi connectivity index (χ0) is 25.3. The van der Waals surface area contributed by atoms with E-state index in [4.69, 9.17) is 4.74 Å². The molecule has 36 heavy (non-hydrogen) atoms. The lowest BCUT2D eigenvalue weighted by molar-refractivity contribution is -0.115. The highest BCUT2D eigenvalue weighted by atomic mass is 32.2. The lowest BCUT2D eigenvalue weighted by atomic mass is 10.1. The molecular formula is C28H24N2O4S2. The Morgan fingerprint density at radius 2 is 1.50 bits per heavy atom. The second kappa shape index (κ2) is 12.2. The summed E-state index contributed by atoms with van der Waals surface area (Å²) in [6.07, 6.45) is 0. The molecule has 0 aliphatic rings. The molecule has 0 aliphatic heterocycles. The molecule has 0 spiro atoms. The highest BCUT2D eigenvalue weighted by molar-refractivity contribution is 8.00. The van der Waals surface area contributed by atoms with Gasteiger partial charge in [0.05, 0.1) is 17.0 Å². The topological polar surface area (TPSA) is 84.5 Å². The number of hydrogen-bond acceptors (Lipinski definition) is 6. The molecule has 6 nitrogen and oxygen atoms in total. The number of hydrogen-bond donors (Lipinski definition) is 2. The number of anilines is 2. The summed E-state index contributed by atoms with van der Waals surface area (Å²) in [6, 6.07) is 27.2. The number of rotatable bonds is 9. The van der Waals surface area contributed by atoms with Crippen LogP contribution in [0.5, 0.6) is 0 Å². The molecule has 0 aliphatic carbocycles. The van der Waals surface area contributed by atoms with E-state index in [0.717, 1.165) is 10.5 Å². The van der Waals surface area contributed by atoms with Gasteiger partial charge in [-0.2, -0.15) is 0 Å². The first kappa shape index (κ1) is 25.2. The number of benzene rings is 3. The van der Waals surface area contributed by atoms with Crippen molar-refractivity contribution < 1.29 is 19.1 Å². The summed E-state index contributed by atoms with van der Waals surface area (Å²) in [5.74, 6) is -0.741. The molecule has 4 rings (SSSR count). The summed E-state index contributed by atoms with van der Waals surface area (Å²) >= 11 is 2.80. The molecule has 8 heteroatoms. The number of thiophene rings is 1. The van der Waals surface area contributed by atoms with Crippen molar-refractivity contribution in [1.82, 2.24) is 0 Å². The summed E-state index contributed by atoms with van der Waals surface area (Å²) in [7, 11) is 0. The fourth-order valence-electron chi connectivity index (χ4n) is 3.37. The predicted octanol–water partition coefficient (Wildman–Crippen LogP) is 6.65. The molecule has 0 radical (unpaired) electrons. The summed E-state index contributed by atoms with van der Waals surface area (Å²) in [4.78, 5) is 39.0. The highest BCUT2D eigenvalue weighted by Gasteiger charge is 2.22. The summed E-state index contributed by atoms with van der Waals surface area (Å²) < 4.78 is 5.01. The van der Waals surface area contributed by atoms with Crippen LogP contribution in [0.4, 0.5) is 11.4 Å². The van der Waals surface area contributed by atoms with Crippen LogP contribution in [0.15, 0.2) is 101 Å². The third-order valence-electron chi connectivity index (χ3n) is 5.12. The standard InChI is InChI=1S/C28H24N2O4S2/c1-2-34-28(33)20-10-12-21(13-11-20)30-27(32)25(19-7-4-3-5-8-19)36-23-16-14-22(15-17-23)29-26(31)24-9-6-18-35-24/h3-18,25H,2H2,1H3,(H,29,31)(H,30,32). The second-order valence-electron chi connectivity index (χ2n) is 7.65. The maximum atomic E-state index is 13.3. The van der Waals surface area contributed by atoms with Gasteiger partial charge in [-0.15, -0.1) is 23.1 Å². The molecule has 1 aromatic heterocycles. The van der Waals surface area contributed by atoms with Crippen LogP contribution in [0.3, 0.4) is 0 Å². The molecule has 0 bridgehead atoms. The van der Waals surface area contributed by atoms with E-state index < -0.39 is 11.2 Å². The van der Waals surface area contributed by atoms with Crippen LogP contribution in [-0.2, 0) is 9.53 Å². The minimum atomic E-state index is -0.512. The molecule has 3 aromatic carbocycles. The van der Waals surface area contributed by atoms with Gasteiger partial charge in [-0.3, -0.25) is 9.59 Å². The summed E-state index contributed by atoms with van der Waals surface area (Å²) in [6.45, 7) is 2.05. The highest BCUT2D eigenvalue weighted by Crippen LogP contribution is 2.36. The normalized spacial score (nSPS) is 11.4. The quantitative estimate of drug-likeness (QED) is 0.192. The van der Waals surface area contributed by atoms with Crippen molar-refractivity contribution in [2.75, 3.05) is 17.2 Å². The fraction of sp³-hybridized carbons (Fsp3) is 0.107. The van der Waals surface area contributed by atoms with Crippen molar-refractivity contribution in [3.63, 3.8) is 0 Å². The third kappa shape index (κ3) is 6.62. The van der Waals surface area contributed by atoms with Gasteiger partial charge in [-0.05, 0) is 72.5 Å². The Labute approximate surface area is 217 Å². The van der Waals surface area contributed by atoms with Gasteiger partial charge in [0.2, 0.25) is 5.91 Å². The second-order valence-corrected chi connectivity index (χ2v) is 9.78. The van der Waals surface area contributed by atoms with E-state index in [-0.39, 0.29) is 11.8 Å². The first-order valence-corrected chi connectivity index (χ1v) is 13.0. The number of amides is 2. The SMILES string of the molecule is CCOC(=O)c1ccc(NC(=O)C(Sc2ccc(NC(=O)c3cccs3)cc2)c2ccccc2)cc1. The summed E-state index contributed by atoms with van der Waals surface area (Å²) in [5.41, 5.74) is 2.55. The van der Waals surface area contributed by atoms with Crippen LogP contribution in [0.1, 0.15) is 37.8 Å². The molecule has 0 saturated heterocycles. The van der Waals surface area contributed by atoms with Gasteiger partial charge in [0.1, 0.15) is 5.25 Å². The molecule has 182 valence electrons. The minimum absolute atomic E-state index is 0.152. The molecule has 1 unspecified atom stereocenters. The number of carbonyl (C=O) groups excluding carboxylic acids is 3. The average Bonchev–Trinajstić information content (AvgIpc) is 3.45. The van der Waals surface area contributed by atoms with E-state index in [1.54, 1.807) is 37.3 Å². The maximum Gasteiger partial charge on any atom is 0.338 e. The van der Waals surface area contributed by atoms with Crippen LogP contribution in [0, 0.1) is 0 Å². The van der Waals surface area contributed by atoms with Crippen molar-refractivity contribution >= 4 is 52.3 Å². The van der Waals surface area contributed by atoms with Crippen molar-refractivity contribution in [3.05, 3.63) is 112 Å². The monoisotopic (exact) mass is 516 g/mol. The number of carbonyl (C=O) groups is 3. The van der Waals surface area contributed by atoms with Gasteiger partial charge in [0.15, 0.2) is 0 Å². The van der Waals surface area contributed by atoms with E-state index in [0.29, 0.717) is 28.4 Å². The number of esters is 1. The molecule has 1 heterocycles. The first-order chi connectivity index (χ1) is 17.5. The zero-order valence-corrected chi connectivity index (χ0v) is 21.1. The Morgan fingerprint density at radius 3 is 2.14 bits per heavy atom. The van der Waals surface area contributed by atoms with Gasteiger partial charge >= 0.3 is 5.97 Å². The smallest absolute Gasteiger partial charge is 0.338 e. The predicted molar refractivity (Wildman–Crippen MR) is 145 cm³/mol. The van der Waals surface area contributed by atoms with Crippen LogP contribution in [0.2, 0.25) is 0 Å². The Balaban J connectivity index is 1.46. The fourth-order valence-corrected chi connectivity index (χ4v) is 5.01. The van der Waals surface area contributed by atoms with Crippen molar-refractivity contribution in [1.29, 1.82) is 0 Å². The molecule has 0 saturated carbocycles. The van der Waals surface area contributed by atoms with E-state index in [1.807, 2.05) is 66.0 Å². The zero-order valence-electron chi connectivity index (χ0n) is 19.5. The van der Waals surface area contributed by atoms with E-state index in [9.17, 15) is 14.4 Å². The number of nitrogens with one attached hydrogen (secondary N) is 2. The molecular weight excluding hydrogens is 492 g/mol. The first-order valence-electron chi connectivity index (χ1n) is 11.3. The van der Waals surface area contributed by atoms with Crippen LogP contribution >= 0.6 is 23.1 Å². The molecule has 0 fully saturated rings. The molecule has 1 atom stereocenters. The van der Waals surface area contributed by atoms with E-state index in [1.165, 1.54) is 23.1 Å². The Bertz CT molecular complexity index is 1310. The van der Waals surface area contributed by atoms with Gasteiger partial charge in [-0.1, -0.05) is 36.4 Å². The Morgan fingerprint density at radius 1 is 0.833 bits per heavy atom. The Kier molecular flexibility index (Phi) is 8.54. The number of ether oxygens (including phenoxy) is 1. The van der Waals surface area contributed by atoms with Crippen molar-refractivity contribution in [2.24, 2.45) is 0 Å². The van der Waals surface area contributed by atoms with Gasteiger partial charge in [0.25, 0.3) is 5.91 Å². The summed E-state index contributed by atoms with van der Waals surface area (Å²) in [5, 5.41) is 7.17. The molecule has 2 N–H and O–H groups in total. The third-order valence-corrected chi connectivity index (χ3v) is 7.25. The maximum absolute atomic E-state index is 13.3. The van der Waals surface area contributed by atoms with E-state index >= 15 is 0 Å². The molecule has 4 aromatic rings. The minimum Gasteiger partial charge on any atom is -0.462 e. The van der Waals surface area contributed by atoms with Gasteiger partial charge in [-0.25, -0.2) is 4.79 Å². The van der Waals surface area contributed by atoms with Gasteiger partial charge in [0, 0.05) is 16.3 Å². The van der Waals surface area contributed by atoms with Gasteiger partial charge < -0.3 is 15.4 Å². The number of thioether (sulfide) groups is 1. The van der Waals surface area contributed by atoms with Crippen LogP contribution in [0.25, 0.3) is 0 Å². The lowest BCUT2D eigenvalue weighted by Crippen LogP contribution is -2.19. The van der Waals surface area contributed by atoms with Crippen molar-refractivity contribution in [3.8, 4) is 0 Å². The largest absolute Gasteiger partial charge is 0.462 e. The lowest BCUT2D eigenvalue weighted by Gasteiger charge is -2.17. The van der Waals surface area contributed by atoms with Crippen LogP contribution < -0.4 is 10.6 Å². The van der Waals surface area contributed by atoms with Crippen molar-refractivity contribution in [2.45, 2.75) is 17.1 Å². The molecule has 2 amide bonds. The van der Waals surface area contributed by atoms with E-state index in [2.05, 4.69) is 10.6 Å². The average molecular weight is 517 g/mol. The Hall–Kier alpha value is -3.88. The van der Waals surface area contributed by atoms with Crippen LogP contribution in [-0.4, -0.2) is 24.4 Å².